The number of hydrogen-bond donors (Lipinski definition) is 1. The van der Waals surface area contributed by atoms with E-state index in [0.717, 1.165) is 21.8 Å². The van der Waals surface area contributed by atoms with Gasteiger partial charge in [0.2, 0.25) is 0 Å². The van der Waals surface area contributed by atoms with Gasteiger partial charge in [0.25, 0.3) is 0 Å². The van der Waals surface area contributed by atoms with Crippen molar-refractivity contribution >= 4 is 17.0 Å². The maximum Gasteiger partial charge on any atom is 0.143 e. The first kappa shape index (κ1) is 13.3. The fourth-order valence-corrected chi connectivity index (χ4v) is 2.71. The zero-order valence-corrected chi connectivity index (χ0v) is 12.1. The largest absolute Gasteiger partial charge is 0.380 e. The molecule has 0 aliphatic rings. The van der Waals surface area contributed by atoms with Crippen molar-refractivity contribution in [1.82, 2.24) is 20.2 Å². The monoisotopic (exact) mass is 296 g/mol. The molecule has 2 heterocycles. The number of hydrogen-bond acceptors (Lipinski definition) is 6. The zero-order valence-electron chi connectivity index (χ0n) is 11.3. The van der Waals surface area contributed by atoms with Gasteiger partial charge in [0.15, 0.2) is 0 Å². The number of anilines is 1. The van der Waals surface area contributed by atoms with E-state index in [9.17, 15) is 0 Å². The Kier molecular flexibility index (Phi) is 3.62. The lowest BCUT2D eigenvalue weighted by Gasteiger charge is -2.09. The van der Waals surface area contributed by atoms with E-state index >= 15 is 0 Å². The highest BCUT2D eigenvalue weighted by Gasteiger charge is 2.05. The van der Waals surface area contributed by atoms with E-state index in [-0.39, 0.29) is 0 Å². The Morgan fingerprint density at radius 3 is 3.00 bits per heavy atom. The number of aryl methyl sites for hydroxylation is 1. The molecule has 3 rings (SSSR count). The summed E-state index contributed by atoms with van der Waals surface area (Å²) in [7, 11) is 0. The maximum atomic E-state index is 8.82. The van der Waals surface area contributed by atoms with Crippen molar-refractivity contribution in [2.75, 3.05) is 5.32 Å². The summed E-state index contributed by atoms with van der Waals surface area (Å²) in [5, 5.41) is 25.3. The van der Waals surface area contributed by atoms with E-state index in [1.165, 1.54) is 0 Å². The molecule has 7 heteroatoms. The van der Waals surface area contributed by atoms with Crippen molar-refractivity contribution in [3.05, 3.63) is 52.0 Å². The Bertz CT molecular complexity index is 784. The van der Waals surface area contributed by atoms with Gasteiger partial charge < -0.3 is 5.32 Å². The highest BCUT2D eigenvalue weighted by Crippen LogP contribution is 2.20. The van der Waals surface area contributed by atoms with E-state index < -0.39 is 0 Å². The molecule has 0 bridgehead atoms. The van der Waals surface area contributed by atoms with E-state index in [0.29, 0.717) is 12.1 Å². The van der Waals surface area contributed by atoms with Crippen molar-refractivity contribution < 1.29 is 0 Å². The molecular weight excluding hydrogens is 284 g/mol. The molecule has 0 aliphatic heterocycles. The molecule has 0 spiro atoms. The summed E-state index contributed by atoms with van der Waals surface area (Å²) in [5.41, 5.74) is 3.72. The number of thiophene rings is 1. The second-order valence-electron chi connectivity index (χ2n) is 4.52. The van der Waals surface area contributed by atoms with E-state index in [1.807, 2.05) is 36.6 Å². The Morgan fingerprint density at radius 2 is 2.29 bits per heavy atom. The molecule has 0 saturated heterocycles. The van der Waals surface area contributed by atoms with Gasteiger partial charge in [0, 0.05) is 22.5 Å². The van der Waals surface area contributed by atoms with Crippen LogP contribution in [0.25, 0.3) is 5.69 Å². The third-order valence-corrected chi connectivity index (χ3v) is 3.99. The van der Waals surface area contributed by atoms with Crippen LogP contribution >= 0.6 is 11.3 Å². The molecule has 0 unspecified atom stereocenters. The van der Waals surface area contributed by atoms with Gasteiger partial charge in [-0.25, -0.2) is 4.68 Å². The van der Waals surface area contributed by atoms with Crippen LogP contribution in [0, 0.1) is 18.3 Å². The van der Waals surface area contributed by atoms with Gasteiger partial charge in [0.05, 0.1) is 11.3 Å². The van der Waals surface area contributed by atoms with Crippen LogP contribution in [0.5, 0.6) is 0 Å². The number of benzene rings is 1. The topological polar surface area (TPSA) is 79.4 Å². The fourth-order valence-electron chi connectivity index (χ4n) is 1.96. The number of tetrazole rings is 1. The first-order valence-corrected chi connectivity index (χ1v) is 7.19. The van der Waals surface area contributed by atoms with Crippen molar-refractivity contribution in [3.63, 3.8) is 0 Å². The van der Waals surface area contributed by atoms with Crippen LogP contribution in [0.15, 0.2) is 36.0 Å². The highest BCUT2D eigenvalue weighted by atomic mass is 32.1. The van der Waals surface area contributed by atoms with Gasteiger partial charge in [-0.2, -0.15) is 5.26 Å². The van der Waals surface area contributed by atoms with E-state index in [4.69, 9.17) is 5.26 Å². The van der Waals surface area contributed by atoms with Crippen molar-refractivity contribution in [2.24, 2.45) is 0 Å². The number of rotatable bonds is 4. The van der Waals surface area contributed by atoms with Gasteiger partial charge in [0.1, 0.15) is 12.4 Å². The normalized spacial score (nSPS) is 10.3. The van der Waals surface area contributed by atoms with E-state index in [2.05, 4.69) is 26.9 Å². The summed E-state index contributed by atoms with van der Waals surface area (Å²) in [6, 6.07) is 10.1. The number of nitrogens with zero attached hydrogens (tertiary/aromatic N) is 5. The maximum absolute atomic E-state index is 8.82. The van der Waals surface area contributed by atoms with Crippen LogP contribution < -0.4 is 5.32 Å². The standard InChI is InChI=1S/C14H12N6S/c1-10-2-3-12(5-14(10)20-9-17-18-19-20)16-7-13-4-11(6-15)8-21-13/h2-5,8-9,16H,7H2,1H3. The third-order valence-electron chi connectivity index (χ3n) is 3.05. The van der Waals surface area contributed by atoms with Gasteiger partial charge >= 0.3 is 0 Å². The first-order chi connectivity index (χ1) is 10.3. The molecule has 1 N–H and O–H groups in total. The summed E-state index contributed by atoms with van der Waals surface area (Å²) in [4.78, 5) is 1.12. The minimum Gasteiger partial charge on any atom is -0.380 e. The SMILES string of the molecule is Cc1ccc(NCc2cc(C#N)cs2)cc1-n1cnnn1. The van der Waals surface area contributed by atoms with Crippen LogP contribution in [-0.4, -0.2) is 20.2 Å². The summed E-state index contributed by atoms with van der Waals surface area (Å²) in [6.07, 6.45) is 1.57. The lowest BCUT2D eigenvalue weighted by atomic mass is 10.2. The minimum atomic E-state index is 0.685. The van der Waals surface area contributed by atoms with Crippen LogP contribution in [0.4, 0.5) is 5.69 Å². The molecule has 0 saturated carbocycles. The predicted molar refractivity (Wildman–Crippen MR) is 80.3 cm³/mol. The molecule has 0 aliphatic carbocycles. The molecule has 3 aromatic rings. The van der Waals surface area contributed by atoms with Crippen molar-refractivity contribution in [2.45, 2.75) is 13.5 Å². The highest BCUT2D eigenvalue weighted by molar-refractivity contribution is 7.10. The number of aromatic nitrogens is 4. The summed E-state index contributed by atoms with van der Waals surface area (Å²) < 4.78 is 1.64. The second-order valence-corrected chi connectivity index (χ2v) is 5.52. The molecular formula is C14H12N6S. The van der Waals surface area contributed by atoms with E-state index in [1.54, 1.807) is 22.3 Å². The first-order valence-electron chi connectivity index (χ1n) is 6.31. The Morgan fingerprint density at radius 1 is 1.38 bits per heavy atom. The lowest BCUT2D eigenvalue weighted by Crippen LogP contribution is -2.02. The predicted octanol–water partition coefficient (Wildman–Crippen LogP) is 2.52. The van der Waals surface area contributed by atoms with Crippen molar-refractivity contribution in [1.29, 1.82) is 5.26 Å². The second kappa shape index (κ2) is 5.73. The summed E-state index contributed by atoms with van der Waals surface area (Å²) in [5.74, 6) is 0. The average Bonchev–Trinajstić information content (AvgIpc) is 3.18. The quantitative estimate of drug-likeness (QED) is 0.800. The average molecular weight is 296 g/mol. The van der Waals surface area contributed by atoms with Gasteiger partial charge in [-0.3, -0.25) is 0 Å². The minimum absolute atomic E-state index is 0.685. The molecule has 0 atom stereocenters. The van der Waals surface area contributed by atoms with Gasteiger partial charge in [-0.15, -0.1) is 16.4 Å². The van der Waals surface area contributed by atoms with Crippen LogP contribution in [0.1, 0.15) is 16.0 Å². The Labute approximate surface area is 125 Å². The van der Waals surface area contributed by atoms with Gasteiger partial charge in [-0.05, 0) is 41.1 Å². The summed E-state index contributed by atoms with van der Waals surface area (Å²) in [6.45, 7) is 2.70. The van der Waals surface area contributed by atoms with Gasteiger partial charge in [-0.1, -0.05) is 6.07 Å². The fraction of sp³-hybridized carbons (Fsp3) is 0.143. The number of nitrogens with one attached hydrogen (secondary N) is 1. The van der Waals surface area contributed by atoms with Crippen LogP contribution in [0.2, 0.25) is 0 Å². The molecule has 0 radical (unpaired) electrons. The third kappa shape index (κ3) is 2.90. The van der Waals surface area contributed by atoms with Crippen LogP contribution in [-0.2, 0) is 6.54 Å². The molecule has 21 heavy (non-hydrogen) atoms. The molecule has 0 amide bonds. The summed E-state index contributed by atoms with van der Waals surface area (Å²) >= 11 is 1.58. The van der Waals surface area contributed by atoms with Crippen molar-refractivity contribution in [3.8, 4) is 11.8 Å². The molecule has 104 valence electrons. The van der Waals surface area contributed by atoms with Crippen LogP contribution in [0.3, 0.4) is 0 Å². The molecule has 0 fully saturated rings. The molecule has 6 nitrogen and oxygen atoms in total. The lowest BCUT2D eigenvalue weighted by molar-refractivity contribution is 0.785. The number of nitriles is 1. The zero-order chi connectivity index (χ0) is 14.7. The molecule has 2 aromatic heterocycles. The smallest absolute Gasteiger partial charge is 0.143 e. The Hall–Kier alpha value is -2.72. The molecule has 1 aromatic carbocycles. The Balaban J connectivity index is 1.77.